The van der Waals surface area contributed by atoms with E-state index in [9.17, 15) is 4.79 Å². The Balaban J connectivity index is 2.24. The van der Waals surface area contributed by atoms with Gasteiger partial charge in [0.25, 0.3) is 0 Å². The first-order valence-electron chi connectivity index (χ1n) is 6.63. The Morgan fingerprint density at radius 2 is 2.19 bits per heavy atom. The second-order valence-corrected chi connectivity index (χ2v) is 5.29. The van der Waals surface area contributed by atoms with E-state index in [1.807, 2.05) is 11.8 Å². The second-order valence-electron chi connectivity index (χ2n) is 5.29. The van der Waals surface area contributed by atoms with Crippen LogP contribution in [-0.2, 0) is 4.79 Å². The van der Waals surface area contributed by atoms with Crippen LogP contribution in [0.1, 0.15) is 52.4 Å². The highest BCUT2D eigenvalue weighted by Gasteiger charge is 2.17. The van der Waals surface area contributed by atoms with Crippen molar-refractivity contribution >= 4 is 5.91 Å². The molecule has 0 aliphatic carbocycles. The summed E-state index contributed by atoms with van der Waals surface area (Å²) in [6.07, 6.45) is 6.16. The molecule has 1 aliphatic heterocycles. The van der Waals surface area contributed by atoms with Gasteiger partial charge in [-0.05, 0) is 44.9 Å². The average Bonchev–Trinajstić information content (AvgIpc) is 2.42. The molecule has 3 nitrogen and oxygen atoms in total. The molecule has 0 radical (unpaired) electrons. The Morgan fingerprint density at radius 1 is 1.44 bits per heavy atom. The van der Waals surface area contributed by atoms with E-state index < -0.39 is 0 Å². The third-order valence-electron chi connectivity index (χ3n) is 3.42. The van der Waals surface area contributed by atoms with Gasteiger partial charge in [-0.1, -0.05) is 6.92 Å². The van der Waals surface area contributed by atoms with Crippen molar-refractivity contribution in [2.75, 3.05) is 13.1 Å². The number of likely N-dealkylation sites (tertiary alicyclic amines) is 1. The van der Waals surface area contributed by atoms with Crippen LogP contribution in [0.4, 0.5) is 0 Å². The molecule has 16 heavy (non-hydrogen) atoms. The van der Waals surface area contributed by atoms with E-state index in [1.165, 1.54) is 19.3 Å². The monoisotopic (exact) mass is 226 g/mol. The van der Waals surface area contributed by atoms with Crippen LogP contribution < -0.4 is 5.73 Å². The van der Waals surface area contributed by atoms with Gasteiger partial charge in [-0.25, -0.2) is 0 Å². The van der Waals surface area contributed by atoms with Crippen LogP contribution in [0, 0.1) is 5.92 Å². The first kappa shape index (κ1) is 13.5. The standard InChI is InChI=1S/C13H26N2O/c1-11-5-4-9-15(10-8-11)13(16)7-3-6-12(2)14/h11-12H,3-10,14H2,1-2H3. The fraction of sp³-hybridized carbons (Fsp3) is 0.923. The fourth-order valence-corrected chi connectivity index (χ4v) is 2.25. The Kier molecular flexibility index (Phi) is 5.81. The number of hydrogen-bond donors (Lipinski definition) is 1. The average molecular weight is 226 g/mol. The molecule has 1 amide bonds. The third kappa shape index (κ3) is 4.97. The number of rotatable bonds is 4. The van der Waals surface area contributed by atoms with Crippen molar-refractivity contribution in [3.8, 4) is 0 Å². The van der Waals surface area contributed by atoms with Crippen molar-refractivity contribution in [1.29, 1.82) is 0 Å². The summed E-state index contributed by atoms with van der Waals surface area (Å²) in [5.74, 6) is 1.11. The smallest absolute Gasteiger partial charge is 0.222 e. The molecule has 0 aromatic carbocycles. The summed E-state index contributed by atoms with van der Waals surface area (Å²) < 4.78 is 0. The molecule has 0 spiro atoms. The van der Waals surface area contributed by atoms with E-state index in [0.29, 0.717) is 12.3 Å². The highest BCUT2D eigenvalue weighted by molar-refractivity contribution is 5.76. The summed E-state index contributed by atoms with van der Waals surface area (Å²) in [6, 6.07) is 0.219. The van der Waals surface area contributed by atoms with Crippen molar-refractivity contribution in [1.82, 2.24) is 4.90 Å². The minimum Gasteiger partial charge on any atom is -0.343 e. The number of nitrogens with zero attached hydrogens (tertiary/aromatic N) is 1. The lowest BCUT2D eigenvalue weighted by molar-refractivity contribution is -0.131. The topological polar surface area (TPSA) is 46.3 Å². The van der Waals surface area contributed by atoms with Gasteiger partial charge >= 0.3 is 0 Å². The quantitative estimate of drug-likeness (QED) is 0.798. The Morgan fingerprint density at radius 3 is 2.88 bits per heavy atom. The second kappa shape index (κ2) is 6.89. The minimum absolute atomic E-state index is 0.219. The van der Waals surface area contributed by atoms with E-state index >= 15 is 0 Å². The Labute approximate surface area is 99.4 Å². The van der Waals surface area contributed by atoms with Gasteiger partial charge in [0.15, 0.2) is 0 Å². The molecular weight excluding hydrogens is 200 g/mol. The zero-order valence-electron chi connectivity index (χ0n) is 10.7. The molecule has 0 aromatic heterocycles. The van der Waals surface area contributed by atoms with E-state index in [0.717, 1.165) is 31.8 Å². The van der Waals surface area contributed by atoms with Crippen LogP contribution in [0.2, 0.25) is 0 Å². The van der Waals surface area contributed by atoms with Gasteiger partial charge in [-0.3, -0.25) is 4.79 Å². The van der Waals surface area contributed by atoms with Gasteiger partial charge in [0.05, 0.1) is 0 Å². The summed E-state index contributed by atoms with van der Waals surface area (Å²) >= 11 is 0. The van der Waals surface area contributed by atoms with Crippen LogP contribution in [-0.4, -0.2) is 29.9 Å². The van der Waals surface area contributed by atoms with Crippen LogP contribution in [0.15, 0.2) is 0 Å². The van der Waals surface area contributed by atoms with Gasteiger partial charge < -0.3 is 10.6 Å². The molecule has 0 bridgehead atoms. The highest BCUT2D eigenvalue weighted by Crippen LogP contribution is 2.17. The molecule has 1 heterocycles. The lowest BCUT2D eigenvalue weighted by Gasteiger charge is -2.20. The van der Waals surface area contributed by atoms with Crippen molar-refractivity contribution in [3.63, 3.8) is 0 Å². The summed E-state index contributed by atoms with van der Waals surface area (Å²) in [5, 5.41) is 0. The number of amides is 1. The van der Waals surface area contributed by atoms with E-state index in [-0.39, 0.29) is 6.04 Å². The normalized spacial score (nSPS) is 23.9. The Hall–Kier alpha value is -0.570. The maximum absolute atomic E-state index is 11.9. The largest absolute Gasteiger partial charge is 0.343 e. The van der Waals surface area contributed by atoms with E-state index in [1.54, 1.807) is 0 Å². The molecule has 1 fully saturated rings. The number of carbonyl (C=O) groups excluding carboxylic acids is 1. The molecule has 2 atom stereocenters. The molecule has 94 valence electrons. The number of nitrogens with two attached hydrogens (primary N) is 1. The van der Waals surface area contributed by atoms with E-state index in [4.69, 9.17) is 5.73 Å². The van der Waals surface area contributed by atoms with Crippen molar-refractivity contribution in [2.45, 2.75) is 58.4 Å². The Bertz CT molecular complexity index is 216. The van der Waals surface area contributed by atoms with Gasteiger partial charge in [0.2, 0.25) is 5.91 Å². The summed E-state index contributed by atoms with van der Waals surface area (Å²) in [7, 11) is 0. The SMILES string of the molecule is CC(N)CCCC(=O)N1CCCC(C)CC1. The maximum Gasteiger partial charge on any atom is 0.222 e. The first-order valence-corrected chi connectivity index (χ1v) is 6.63. The summed E-state index contributed by atoms with van der Waals surface area (Å²) in [6.45, 7) is 6.20. The predicted molar refractivity (Wildman–Crippen MR) is 67.1 cm³/mol. The van der Waals surface area contributed by atoms with Crippen LogP contribution in [0.25, 0.3) is 0 Å². The van der Waals surface area contributed by atoms with Gasteiger partial charge in [0.1, 0.15) is 0 Å². The lowest BCUT2D eigenvalue weighted by atomic mass is 10.0. The summed E-state index contributed by atoms with van der Waals surface area (Å²) in [5.41, 5.74) is 5.68. The van der Waals surface area contributed by atoms with Crippen LogP contribution in [0.5, 0.6) is 0 Å². The van der Waals surface area contributed by atoms with Gasteiger partial charge in [-0.2, -0.15) is 0 Å². The molecule has 2 unspecified atom stereocenters. The molecule has 3 heteroatoms. The van der Waals surface area contributed by atoms with Crippen molar-refractivity contribution in [3.05, 3.63) is 0 Å². The van der Waals surface area contributed by atoms with E-state index in [2.05, 4.69) is 6.92 Å². The number of carbonyl (C=O) groups is 1. The first-order chi connectivity index (χ1) is 7.59. The molecule has 0 saturated carbocycles. The van der Waals surface area contributed by atoms with Crippen molar-refractivity contribution < 1.29 is 4.79 Å². The fourth-order valence-electron chi connectivity index (χ4n) is 2.25. The predicted octanol–water partition coefficient (Wildman–Crippen LogP) is 2.15. The highest BCUT2D eigenvalue weighted by atomic mass is 16.2. The molecule has 1 rings (SSSR count). The zero-order valence-corrected chi connectivity index (χ0v) is 10.7. The lowest BCUT2D eigenvalue weighted by Crippen LogP contribution is -2.32. The summed E-state index contributed by atoms with van der Waals surface area (Å²) in [4.78, 5) is 14.0. The third-order valence-corrected chi connectivity index (χ3v) is 3.42. The minimum atomic E-state index is 0.219. The molecule has 2 N–H and O–H groups in total. The van der Waals surface area contributed by atoms with Gasteiger partial charge in [0, 0.05) is 25.6 Å². The van der Waals surface area contributed by atoms with Crippen LogP contribution in [0.3, 0.4) is 0 Å². The molecular formula is C13H26N2O. The molecule has 1 saturated heterocycles. The zero-order chi connectivity index (χ0) is 12.0. The molecule has 1 aliphatic rings. The van der Waals surface area contributed by atoms with Crippen LogP contribution >= 0.6 is 0 Å². The maximum atomic E-state index is 11.9. The number of hydrogen-bond acceptors (Lipinski definition) is 2. The van der Waals surface area contributed by atoms with Crippen molar-refractivity contribution in [2.24, 2.45) is 11.7 Å². The molecule has 0 aromatic rings. The van der Waals surface area contributed by atoms with Gasteiger partial charge in [-0.15, -0.1) is 0 Å².